The van der Waals surface area contributed by atoms with Crippen molar-refractivity contribution in [1.29, 1.82) is 0 Å². The minimum Gasteiger partial charge on any atom is -0.496 e. The summed E-state index contributed by atoms with van der Waals surface area (Å²) in [6, 6.07) is 14.8. The lowest BCUT2D eigenvalue weighted by molar-refractivity contribution is 0.412. The van der Waals surface area contributed by atoms with Crippen molar-refractivity contribution < 1.29 is 4.74 Å². The maximum Gasteiger partial charge on any atom is 0.133 e. The largest absolute Gasteiger partial charge is 0.496 e. The van der Waals surface area contributed by atoms with Crippen molar-refractivity contribution in [3.63, 3.8) is 0 Å². The van der Waals surface area contributed by atoms with Crippen LogP contribution in [-0.2, 0) is 6.54 Å². The summed E-state index contributed by atoms with van der Waals surface area (Å²) in [6.07, 6.45) is 0. The lowest BCUT2D eigenvalue weighted by atomic mass is 10.1. The first kappa shape index (κ1) is 15.5. The number of ether oxygens (including phenoxy) is 1. The van der Waals surface area contributed by atoms with Crippen LogP contribution in [0.4, 0.5) is 0 Å². The highest BCUT2D eigenvalue weighted by molar-refractivity contribution is 9.10. The van der Waals surface area contributed by atoms with Crippen molar-refractivity contribution in [2.75, 3.05) is 7.11 Å². The number of methoxy groups -OCH3 is 1. The molecule has 2 aromatic rings. The van der Waals surface area contributed by atoms with Gasteiger partial charge in [0.05, 0.1) is 11.6 Å². The van der Waals surface area contributed by atoms with Crippen molar-refractivity contribution in [3.05, 3.63) is 62.5 Å². The summed E-state index contributed by atoms with van der Waals surface area (Å²) in [5, 5.41) is 3.52. The first-order chi connectivity index (χ1) is 9.60. The van der Waals surface area contributed by atoms with Gasteiger partial charge >= 0.3 is 0 Å². The summed E-state index contributed by atoms with van der Waals surface area (Å²) in [7, 11) is 1.67. The molecule has 1 atom stereocenters. The summed E-state index contributed by atoms with van der Waals surface area (Å²) in [4.78, 5) is 0. The van der Waals surface area contributed by atoms with E-state index < -0.39 is 0 Å². The van der Waals surface area contributed by atoms with Crippen LogP contribution < -0.4 is 10.1 Å². The average Bonchev–Trinajstić information content (AvgIpc) is 2.45. The van der Waals surface area contributed by atoms with Gasteiger partial charge in [-0.3, -0.25) is 0 Å². The molecule has 20 heavy (non-hydrogen) atoms. The van der Waals surface area contributed by atoms with Crippen LogP contribution in [0.3, 0.4) is 0 Å². The number of rotatable bonds is 5. The fraction of sp³-hybridized carbons (Fsp3) is 0.250. The molecular formula is C16H17Br2NO. The van der Waals surface area contributed by atoms with Gasteiger partial charge in [0.25, 0.3) is 0 Å². The summed E-state index contributed by atoms with van der Waals surface area (Å²) in [5.41, 5.74) is 2.49. The predicted molar refractivity (Wildman–Crippen MR) is 90.1 cm³/mol. The first-order valence-corrected chi connectivity index (χ1v) is 8.00. The normalized spacial score (nSPS) is 12.2. The van der Waals surface area contributed by atoms with Crippen molar-refractivity contribution in [2.45, 2.75) is 19.5 Å². The molecule has 0 saturated carbocycles. The molecule has 2 rings (SSSR count). The van der Waals surface area contributed by atoms with E-state index in [1.54, 1.807) is 7.11 Å². The van der Waals surface area contributed by atoms with Crippen LogP contribution >= 0.6 is 31.9 Å². The molecule has 0 aliphatic heterocycles. The third kappa shape index (κ3) is 4.08. The van der Waals surface area contributed by atoms with E-state index in [0.29, 0.717) is 6.04 Å². The van der Waals surface area contributed by atoms with Gasteiger partial charge in [0.1, 0.15) is 5.75 Å². The summed E-state index contributed by atoms with van der Waals surface area (Å²) >= 11 is 7.01. The van der Waals surface area contributed by atoms with E-state index in [9.17, 15) is 0 Å². The van der Waals surface area contributed by atoms with Crippen LogP contribution in [0.1, 0.15) is 24.1 Å². The molecule has 0 saturated heterocycles. The Hall–Kier alpha value is -0.840. The predicted octanol–water partition coefficient (Wildman–Crippen LogP) is 5.07. The van der Waals surface area contributed by atoms with Crippen LogP contribution in [0.2, 0.25) is 0 Å². The van der Waals surface area contributed by atoms with Gasteiger partial charge in [-0.15, -0.1) is 0 Å². The number of hydrogen-bond acceptors (Lipinski definition) is 2. The van der Waals surface area contributed by atoms with Crippen LogP contribution in [-0.4, -0.2) is 7.11 Å². The maximum absolute atomic E-state index is 5.24. The molecule has 2 aromatic carbocycles. The molecule has 0 aliphatic rings. The molecule has 0 unspecified atom stereocenters. The van der Waals surface area contributed by atoms with E-state index in [1.165, 1.54) is 11.1 Å². The Balaban J connectivity index is 1.99. The molecular weight excluding hydrogens is 382 g/mol. The molecule has 0 heterocycles. The van der Waals surface area contributed by atoms with E-state index >= 15 is 0 Å². The highest BCUT2D eigenvalue weighted by Gasteiger charge is 2.06. The molecule has 0 aromatic heterocycles. The lowest BCUT2D eigenvalue weighted by Crippen LogP contribution is -2.18. The highest BCUT2D eigenvalue weighted by Crippen LogP contribution is 2.26. The molecule has 0 radical (unpaired) electrons. The van der Waals surface area contributed by atoms with Gasteiger partial charge in [0.15, 0.2) is 0 Å². The van der Waals surface area contributed by atoms with Crippen LogP contribution in [0.25, 0.3) is 0 Å². The third-order valence-corrected chi connectivity index (χ3v) is 4.29. The van der Waals surface area contributed by atoms with Crippen LogP contribution in [0, 0.1) is 0 Å². The average molecular weight is 399 g/mol. The Morgan fingerprint density at radius 3 is 2.60 bits per heavy atom. The second-order valence-corrected chi connectivity index (χ2v) is 6.40. The SMILES string of the molecule is COc1ccc(CN[C@@H](C)c2cccc(Br)c2)cc1Br. The van der Waals surface area contributed by atoms with E-state index in [4.69, 9.17) is 4.74 Å². The van der Waals surface area contributed by atoms with Crippen molar-refractivity contribution in [1.82, 2.24) is 5.32 Å². The van der Waals surface area contributed by atoms with Crippen LogP contribution in [0.5, 0.6) is 5.75 Å². The summed E-state index contributed by atoms with van der Waals surface area (Å²) in [5.74, 6) is 0.855. The maximum atomic E-state index is 5.24. The Morgan fingerprint density at radius 1 is 1.15 bits per heavy atom. The van der Waals surface area contributed by atoms with Gasteiger partial charge < -0.3 is 10.1 Å². The quantitative estimate of drug-likeness (QED) is 0.758. The fourth-order valence-corrected chi connectivity index (χ4v) is 2.99. The zero-order valence-corrected chi connectivity index (χ0v) is 14.7. The van der Waals surface area contributed by atoms with Crippen molar-refractivity contribution in [3.8, 4) is 5.75 Å². The van der Waals surface area contributed by atoms with Gasteiger partial charge in [0, 0.05) is 17.1 Å². The topological polar surface area (TPSA) is 21.3 Å². The number of benzene rings is 2. The fourth-order valence-electron chi connectivity index (χ4n) is 1.98. The molecule has 4 heteroatoms. The number of nitrogens with one attached hydrogen (secondary N) is 1. The summed E-state index contributed by atoms with van der Waals surface area (Å²) < 4.78 is 7.32. The summed E-state index contributed by atoms with van der Waals surface area (Å²) in [6.45, 7) is 2.98. The van der Waals surface area contributed by atoms with E-state index in [2.05, 4.69) is 74.4 Å². The van der Waals surface area contributed by atoms with E-state index in [1.807, 2.05) is 12.1 Å². The zero-order chi connectivity index (χ0) is 14.5. The van der Waals surface area contributed by atoms with Gasteiger partial charge in [-0.25, -0.2) is 0 Å². The second-order valence-electron chi connectivity index (χ2n) is 4.63. The number of halogens is 2. The molecule has 0 spiro atoms. The Morgan fingerprint density at radius 2 is 1.95 bits per heavy atom. The zero-order valence-electron chi connectivity index (χ0n) is 11.5. The standard InChI is InChI=1S/C16H17Br2NO/c1-11(13-4-3-5-14(17)9-13)19-10-12-6-7-16(20-2)15(18)8-12/h3-9,11,19H,10H2,1-2H3/t11-/m0/s1. The van der Waals surface area contributed by atoms with Crippen molar-refractivity contribution >= 4 is 31.9 Å². The first-order valence-electron chi connectivity index (χ1n) is 6.41. The minimum atomic E-state index is 0.299. The monoisotopic (exact) mass is 397 g/mol. The van der Waals surface area contributed by atoms with Gasteiger partial charge in [-0.05, 0) is 58.2 Å². The van der Waals surface area contributed by atoms with Gasteiger partial charge in [-0.1, -0.05) is 34.1 Å². The van der Waals surface area contributed by atoms with E-state index in [0.717, 1.165) is 21.2 Å². The molecule has 0 fully saturated rings. The second kappa shape index (κ2) is 7.25. The molecule has 0 aliphatic carbocycles. The Labute approximate surface area is 136 Å². The molecule has 0 amide bonds. The van der Waals surface area contributed by atoms with Crippen LogP contribution in [0.15, 0.2) is 51.4 Å². The van der Waals surface area contributed by atoms with E-state index in [-0.39, 0.29) is 0 Å². The minimum absolute atomic E-state index is 0.299. The molecule has 1 N–H and O–H groups in total. The molecule has 0 bridgehead atoms. The van der Waals surface area contributed by atoms with Gasteiger partial charge in [0.2, 0.25) is 0 Å². The molecule has 106 valence electrons. The Bertz CT molecular complexity index is 586. The smallest absolute Gasteiger partial charge is 0.133 e. The Kier molecular flexibility index (Phi) is 5.64. The highest BCUT2D eigenvalue weighted by atomic mass is 79.9. The third-order valence-electron chi connectivity index (χ3n) is 3.18. The van der Waals surface area contributed by atoms with Gasteiger partial charge in [-0.2, -0.15) is 0 Å². The number of hydrogen-bond donors (Lipinski definition) is 1. The van der Waals surface area contributed by atoms with Crippen molar-refractivity contribution in [2.24, 2.45) is 0 Å². The molecule has 2 nitrogen and oxygen atoms in total. The lowest BCUT2D eigenvalue weighted by Gasteiger charge is -2.15.